The smallest absolute Gasteiger partial charge is 0.127 e. The second kappa shape index (κ2) is 5.96. The molecule has 3 aromatic carbocycles. The quantitative estimate of drug-likeness (QED) is 0.707. The Kier molecular flexibility index (Phi) is 4.04. The average molecular weight is 345 g/mol. The van der Waals surface area contributed by atoms with Crippen LogP contribution in [-0.2, 0) is 6.42 Å². The normalized spacial score (nSPS) is 12.5. The van der Waals surface area contributed by atoms with E-state index >= 15 is 0 Å². The van der Waals surface area contributed by atoms with E-state index in [9.17, 15) is 9.50 Å². The van der Waals surface area contributed by atoms with Crippen molar-refractivity contribution in [1.82, 2.24) is 0 Å². The van der Waals surface area contributed by atoms with Crippen molar-refractivity contribution in [3.63, 3.8) is 0 Å². The predicted molar refractivity (Wildman–Crippen MR) is 86.7 cm³/mol. The highest BCUT2D eigenvalue weighted by Crippen LogP contribution is 2.25. The summed E-state index contributed by atoms with van der Waals surface area (Å²) in [6.07, 6.45) is -0.456. The van der Waals surface area contributed by atoms with Gasteiger partial charge in [0, 0.05) is 10.9 Å². The molecule has 1 atom stereocenters. The Balaban J connectivity index is 1.87. The lowest BCUT2D eigenvalue weighted by Crippen LogP contribution is -2.03. The van der Waals surface area contributed by atoms with Crippen LogP contribution in [0.4, 0.5) is 4.39 Å². The molecule has 1 nitrogen and oxygen atoms in total. The van der Waals surface area contributed by atoms with Crippen LogP contribution >= 0.6 is 15.9 Å². The Morgan fingerprint density at radius 3 is 2.48 bits per heavy atom. The van der Waals surface area contributed by atoms with Gasteiger partial charge in [-0.1, -0.05) is 58.4 Å². The van der Waals surface area contributed by atoms with Gasteiger partial charge in [0.15, 0.2) is 0 Å². The van der Waals surface area contributed by atoms with Gasteiger partial charge in [-0.15, -0.1) is 0 Å². The highest BCUT2D eigenvalue weighted by Gasteiger charge is 2.12. The summed E-state index contributed by atoms with van der Waals surface area (Å²) in [4.78, 5) is 0. The van der Waals surface area contributed by atoms with Gasteiger partial charge in [0.2, 0.25) is 0 Å². The molecule has 3 aromatic rings. The van der Waals surface area contributed by atoms with Crippen molar-refractivity contribution >= 4 is 26.7 Å². The number of hydrogen-bond donors (Lipinski definition) is 1. The second-order valence-corrected chi connectivity index (χ2v) is 5.98. The predicted octanol–water partition coefficient (Wildman–Crippen LogP) is 5.02. The lowest BCUT2D eigenvalue weighted by atomic mass is 9.98. The third-order valence-corrected chi connectivity index (χ3v) is 4.08. The molecule has 0 fully saturated rings. The lowest BCUT2D eigenvalue weighted by molar-refractivity contribution is 0.177. The molecular formula is C18H14BrFO. The van der Waals surface area contributed by atoms with Crippen molar-refractivity contribution in [3.05, 3.63) is 82.1 Å². The number of hydrogen-bond acceptors (Lipinski definition) is 1. The summed E-state index contributed by atoms with van der Waals surface area (Å²) in [5.41, 5.74) is 1.31. The van der Waals surface area contributed by atoms with E-state index in [0.29, 0.717) is 10.0 Å². The molecule has 0 aliphatic heterocycles. The third kappa shape index (κ3) is 3.14. The van der Waals surface area contributed by atoms with Crippen LogP contribution in [0.15, 0.2) is 65.1 Å². The molecule has 21 heavy (non-hydrogen) atoms. The van der Waals surface area contributed by atoms with Crippen LogP contribution in [0.25, 0.3) is 10.8 Å². The number of halogens is 2. The first-order chi connectivity index (χ1) is 10.1. The monoisotopic (exact) mass is 344 g/mol. The molecule has 0 heterocycles. The summed E-state index contributed by atoms with van der Waals surface area (Å²) in [7, 11) is 0. The lowest BCUT2D eigenvalue weighted by Gasteiger charge is -2.13. The van der Waals surface area contributed by atoms with Crippen molar-refractivity contribution in [1.29, 1.82) is 0 Å². The van der Waals surface area contributed by atoms with Gasteiger partial charge in [0.05, 0.1) is 6.10 Å². The van der Waals surface area contributed by atoms with Gasteiger partial charge in [-0.25, -0.2) is 4.39 Å². The Morgan fingerprint density at radius 2 is 1.71 bits per heavy atom. The van der Waals surface area contributed by atoms with E-state index in [4.69, 9.17) is 0 Å². The molecular weight excluding hydrogens is 331 g/mol. The molecule has 0 saturated heterocycles. The fraction of sp³-hybridized carbons (Fsp3) is 0.111. The highest BCUT2D eigenvalue weighted by atomic mass is 79.9. The number of fused-ring (bicyclic) bond motifs is 1. The summed E-state index contributed by atoms with van der Waals surface area (Å²) in [6, 6.07) is 18.7. The highest BCUT2D eigenvalue weighted by molar-refractivity contribution is 9.10. The SMILES string of the molecule is OC(Cc1ccc(Br)cc1F)c1ccc2ccccc2c1. The summed E-state index contributed by atoms with van der Waals surface area (Å²) in [5, 5.41) is 12.6. The molecule has 1 N–H and O–H groups in total. The van der Waals surface area contributed by atoms with Crippen LogP contribution in [-0.4, -0.2) is 5.11 Å². The summed E-state index contributed by atoms with van der Waals surface area (Å²) >= 11 is 3.23. The minimum Gasteiger partial charge on any atom is -0.388 e. The maximum atomic E-state index is 13.8. The minimum absolute atomic E-state index is 0.261. The number of benzene rings is 3. The van der Waals surface area contributed by atoms with Gasteiger partial charge in [-0.3, -0.25) is 0 Å². The fourth-order valence-electron chi connectivity index (χ4n) is 2.43. The van der Waals surface area contributed by atoms with Crippen molar-refractivity contribution in [2.24, 2.45) is 0 Å². The molecule has 106 valence electrons. The first-order valence-electron chi connectivity index (χ1n) is 6.74. The van der Waals surface area contributed by atoms with Crippen LogP contribution in [0, 0.1) is 5.82 Å². The molecule has 0 amide bonds. The molecule has 0 radical (unpaired) electrons. The zero-order chi connectivity index (χ0) is 14.8. The zero-order valence-electron chi connectivity index (χ0n) is 11.3. The van der Waals surface area contributed by atoms with Crippen molar-refractivity contribution in [2.75, 3.05) is 0 Å². The largest absolute Gasteiger partial charge is 0.388 e. The van der Waals surface area contributed by atoms with E-state index in [1.54, 1.807) is 12.1 Å². The van der Waals surface area contributed by atoms with E-state index in [1.165, 1.54) is 6.07 Å². The molecule has 0 saturated carbocycles. The zero-order valence-corrected chi connectivity index (χ0v) is 12.8. The molecule has 3 rings (SSSR count). The van der Waals surface area contributed by atoms with Crippen molar-refractivity contribution < 1.29 is 9.50 Å². The number of aliphatic hydroxyl groups is 1. The Labute approximate surface area is 131 Å². The van der Waals surface area contributed by atoms with Crippen molar-refractivity contribution in [3.8, 4) is 0 Å². The third-order valence-electron chi connectivity index (χ3n) is 3.59. The Hall–Kier alpha value is -1.71. The van der Waals surface area contributed by atoms with E-state index in [0.717, 1.165) is 16.3 Å². The summed E-state index contributed by atoms with van der Waals surface area (Å²) in [6.45, 7) is 0. The van der Waals surface area contributed by atoms with Crippen LogP contribution in [0.3, 0.4) is 0 Å². The number of aliphatic hydroxyl groups excluding tert-OH is 1. The van der Waals surface area contributed by atoms with E-state index in [-0.39, 0.29) is 12.2 Å². The molecule has 0 aromatic heterocycles. The molecule has 0 bridgehead atoms. The second-order valence-electron chi connectivity index (χ2n) is 5.06. The van der Waals surface area contributed by atoms with Crippen LogP contribution in [0.1, 0.15) is 17.2 Å². The average Bonchev–Trinajstić information content (AvgIpc) is 2.49. The van der Waals surface area contributed by atoms with Crippen LogP contribution in [0.2, 0.25) is 0 Å². The van der Waals surface area contributed by atoms with Gasteiger partial charge in [0.1, 0.15) is 5.82 Å². The van der Waals surface area contributed by atoms with E-state index in [2.05, 4.69) is 15.9 Å². The van der Waals surface area contributed by atoms with Crippen molar-refractivity contribution in [2.45, 2.75) is 12.5 Å². The van der Waals surface area contributed by atoms with Gasteiger partial charge in [0.25, 0.3) is 0 Å². The summed E-state index contributed by atoms with van der Waals surface area (Å²) < 4.78 is 14.5. The van der Waals surface area contributed by atoms with Gasteiger partial charge in [-0.2, -0.15) is 0 Å². The number of rotatable bonds is 3. The minimum atomic E-state index is -0.717. The molecule has 0 aliphatic rings. The standard InChI is InChI=1S/C18H14BrFO/c19-16-8-7-14(17(20)11-16)10-18(21)15-6-5-12-3-1-2-4-13(12)9-15/h1-9,11,18,21H,10H2. The molecule has 0 spiro atoms. The van der Waals surface area contributed by atoms with Gasteiger partial charge in [-0.05, 0) is 40.1 Å². The Morgan fingerprint density at radius 1 is 0.952 bits per heavy atom. The first kappa shape index (κ1) is 14.2. The van der Waals surface area contributed by atoms with Crippen LogP contribution < -0.4 is 0 Å². The van der Waals surface area contributed by atoms with E-state index in [1.807, 2.05) is 42.5 Å². The maximum Gasteiger partial charge on any atom is 0.127 e. The summed E-state index contributed by atoms with van der Waals surface area (Å²) in [5.74, 6) is -0.302. The topological polar surface area (TPSA) is 20.2 Å². The molecule has 1 unspecified atom stereocenters. The van der Waals surface area contributed by atoms with Gasteiger partial charge < -0.3 is 5.11 Å². The molecule has 0 aliphatic carbocycles. The fourth-order valence-corrected chi connectivity index (χ4v) is 2.76. The maximum absolute atomic E-state index is 13.8. The first-order valence-corrected chi connectivity index (χ1v) is 7.53. The molecule has 3 heteroatoms. The Bertz CT molecular complexity index is 785. The van der Waals surface area contributed by atoms with E-state index < -0.39 is 6.10 Å². The van der Waals surface area contributed by atoms with Crippen LogP contribution in [0.5, 0.6) is 0 Å². The van der Waals surface area contributed by atoms with Gasteiger partial charge >= 0.3 is 0 Å².